The summed E-state index contributed by atoms with van der Waals surface area (Å²) < 4.78 is 6.40. The van der Waals surface area contributed by atoms with Crippen LogP contribution in [0.3, 0.4) is 0 Å². The zero-order valence-corrected chi connectivity index (χ0v) is 17.5. The molecule has 0 aliphatic carbocycles. The maximum absolute atomic E-state index is 12.4. The van der Waals surface area contributed by atoms with Crippen LogP contribution < -0.4 is 5.32 Å². The fourth-order valence-electron chi connectivity index (χ4n) is 3.44. The molecule has 2 aromatic heterocycles. The summed E-state index contributed by atoms with van der Waals surface area (Å²) in [6.45, 7) is 2.82. The van der Waals surface area contributed by atoms with Gasteiger partial charge >= 0.3 is 0 Å². The number of likely N-dealkylation sites (tertiary alicyclic amines) is 1. The van der Waals surface area contributed by atoms with Gasteiger partial charge in [0.15, 0.2) is 0 Å². The summed E-state index contributed by atoms with van der Waals surface area (Å²) in [6.07, 6.45) is 5.13. The molecule has 0 spiro atoms. The Bertz CT molecular complexity index is 954. The largest absolute Gasteiger partial charge is 0.352 e. The second-order valence-electron chi connectivity index (χ2n) is 7.15. The lowest BCUT2D eigenvalue weighted by Gasteiger charge is -2.30. The van der Waals surface area contributed by atoms with E-state index in [0.29, 0.717) is 24.8 Å². The first-order valence-electron chi connectivity index (χ1n) is 9.65. The summed E-state index contributed by atoms with van der Waals surface area (Å²) in [5.41, 5.74) is 1.97. The lowest BCUT2D eigenvalue weighted by atomic mass is 9.96. The highest BCUT2D eigenvalue weighted by Gasteiger charge is 2.25. The number of carbonyl (C=O) groups is 1. The molecule has 0 saturated carbocycles. The average molecular weight is 456 g/mol. The van der Waals surface area contributed by atoms with Crippen LogP contribution in [-0.2, 0) is 17.9 Å². The van der Waals surface area contributed by atoms with Gasteiger partial charge in [0, 0.05) is 34.9 Å². The standard InChI is InChI=1S/C21H22BrN5O2/c22-18-3-1-2-17(12-18)20-25-19(29-26-20)14-27-10-6-16(7-11-27)21(28)24-13-15-4-8-23-9-5-15/h1-5,8-9,12,16H,6-7,10-11,13-14H2,(H,24,28). The molecule has 1 fully saturated rings. The molecule has 29 heavy (non-hydrogen) atoms. The van der Waals surface area contributed by atoms with Gasteiger partial charge < -0.3 is 9.84 Å². The van der Waals surface area contributed by atoms with Gasteiger partial charge in [0.1, 0.15) is 0 Å². The first-order chi connectivity index (χ1) is 14.2. The number of hydrogen-bond donors (Lipinski definition) is 1. The molecule has 1 aliphatic rings. The third kappa shape index (κ3) is 5.27. The lowest BCUT2D eigenvalue weighted by molar-refractivity contribution is -0.126. The Morgan fingerprint density at radius 2 is 2.00 bits per heavy atom. The molecule has 8 heteroatoms. The topological polar surface area (TPSA) is 84.2 Å². The smallest absolute Gasteiger partial charge is 0.241 e. The number of nitrogens with zero attached hydrogens (tertiary/aromatic N) is 4. The van der Waals surface area contributed by atoms with Gasteiger partial charge in [-0.1, -0.05) is 33.2 Å². The number of hydrogen-bond acceptors (Lipinski definition) is 6. The van der Waals surface area contributed by atoms with E-state index in [1.807, 2.05) is 36.4 Å². The van der Waals surface area contributed by atoms with Crippen LogP contribution in [0.5, 0.6) is 0 Å². The van der Waals surface area contributed by atoms with Crippen LogP contribution in [0.2, 0.25) is 0 Å². The fourth-order valence-corrected chi connectivity index (χ4v) is 3.84. The summed E-state index contributed by atoms with van der Waals surface area (Å²) in [5, 5.41) is 7.12. The van der Waals surface area contributed by atoms with Crippen molar-refractivity contribution in [2.45, 2.75) is 25.9 Å². The van der Waals surface area contributed by atoms with Crippen LogP contribution in [0.25, 0.3) is 11.4 Å². The monoisotopic (exact) mass is 455 g/mol. The predicted octanol–water partition coefficient (Wildman–Crippen LogP) is 3.42. The Labute approximate surface area is 177 Å². The summed E-state index contributed by atoms with van der Waals surface area (Å²) in [5.74, 6) is 1.36. The number of amides is 1. The second kappa shape index (κ2) is 9.28. The molecule has 0 bridgehead atoms. The predicted molar refractivity (Wildman–Crippen MR) is 112 cm³/mol. The van der Waals surface area contributed by atoms with Gasteiger partial charge in [-0.25, -0.2) is 0 Å². The van der Waals surface area contributed by atoms with Crippen molar-refractivity contribution in [3.63, 3.8) is 0 Å². The number of halogens is 1. The normalized spacial score (nSPS) is 15.3. The van der Waals surface area contributed by atoms with E-state index < -0.39 is 0 Å². The summed E-state index contributed by atoms with van der Waals surface area (Å²) in [6, 6.07) is 11.6. The zero-order valence-electron chi connectivity index (χ0n) is 15.9. The first kappa shape index (κ1) is 19.7. The Kier molecular flexibility index (Phi) is 6.31. The van der Waals surface area contributed by atoms with Crippen molar-refractivity contribution in [1.29, 1.82) is 0 Å². The molecule has 0 unspecified atom stereocenters. The summed E-state index contributed by atoms with van der Waals surface area (Å²) in [4.78, 5) is 23.2. The van der Waals surface area contributed by atoms with Gasteiger partial charge in [-0.05, 0) is 55.8 Å². The van der Waals surface area contributed by atoms with Gasteiger partial charge in [-0.3, -0.25) is 14.7 Å². The van der Waals surface area contributed by atoms with Crippen molar-refractivity contribution in [1.82, 2.24) is 25.3 Å². The number of benzene rings is 1. The molecule has 3 heterocycles. The molecule has 3 aromatic rings. The Balaban J connectivity index is 1.25. The van der Waals surface area contributed by atoms with Crippen molar-refractivity contribution in [3.05, 3.63) is 64.7 Å². The van der Waals surface area contributed by atoms with E-state index in [1.165, 1.54) is 0 Å². The quantitative estimate of drug-likeness (QED) is 0.612. The molecule has 1 amide bonds. The highest BCUT2D eigenvalue weighted by Crippen LogP contribution is 2.22. The Morgan fingerprint density at radius 1 is 1.21 bits per heavy atom. The van der Waals surface area contributed by atoms with E-state index in [2.05, 4.69) is 41.3 Å². The van der Waals surface area contributed by atoms with Gasteiger partial charge in [-0.2, -0.15) is 4.98 Å². The number of carbonyl (C=O) groups excluding carboxylic acids is 1. The average Bonchev–Trinajstić information content (AvgIpc) is 3.22. The minimum Gasteiger partial charge on any atom is -0.352 e. The maximum Gasteiger partial charge on any atom is 0.241 e. The number of aromatic nitrogens is 3. The molecular weight excluding hydrogens is 434 g/mol. The fraction of sp³-hybridized carbons (Fsp3) is 0.333. The van der Waals surface area contributed by atoms with E-state index >= 15 is 0 Å². The molecule has 0 radical (unpaired) electrons. The number of pyridine rings is 1. The van der Waals surface area contributed by atoms with Crippen molar-refractivity contribution >= 4 is 21.8 Å². The lowest BCUT2D eigenvalue weighted by Crippen LogP contribution is -2.40. The molecular formula is C21H22BrN5O2. The molecule has 7 nitrogen and oxygen atoms in total. The van der Waals surface area contributed by atoms with Crippen LogP contribution in [0.1, 0.15) is 24.3 Å². The van der Waals surface area contributed by atoms with Gasteiger partial charge in [0.05, 0.1) is 6.54 Å². The van der Waals surface area contributed by atoms with E-state index in [4.69, 9.17) is 4.52 Å². The Morgan fingerprint density at radius 3 is 2.76 bits per heavy atom. The van der Waals surface area contributed by atoms with Crippen molar-refractivity contribution in [2.24, 2.45) is 5.92 Å². The third-order valence-corrected chi connectivity index (χ3v) is 5.58. The van der Waals surface area contributed by atoms with Gasteiger partial charge in [0.25, 0.3) is 0 Å². The molecule has 150 valence electrons. The van der Waals surface area contributed by atoms with Crippen LogP contribution >= 0.6 is 15.9 Å². The van der Waals surface area contributed by atoms with Gasteiger partial charge in [0.2, 0.25) is 17.6 Å². The Hall–Kier alpha value is -2.58. The van der Waals surface area contributed by atoms with Crippen LogP contribution in [0.4, 0.5) is 0 Å². The minimum absolute atomic E-state index is 0.0491. The van der Waals surface area contributed by atoms with E-state index in [0.717, 1.165) is 41.5 Å². The summed E-state index contributed by atoms with van der Waals surface area (Å²) in [7, 11) is 0. The minimum atomic E-state index is 0.0491. The third-order valence-electron chi connectivity index (χ3n) is 5.08. The zero-order chi connectivity index (χ0) is 20.1. The highest BCUT2D eigenvalue weighted by atomic mass is 79.9. The molecule has 1 N–H and O–H groups in total. The van der Waals surface area contributed by atoms with E-state index in [9.17, 15) is 4.79 Å². The first-order valence-corrected chi connectivity index (χ1v) is 10.4. The van der Waals surface area contributed by atoms with E-state index in [-0.39, 0.29) is 11.8 Å². The SMILES string of the molecule is O=C(NCc1ccncc1)C1CCN(Cc2nc(-c3cccc(Br)c3)no2)CC1. The molecule has 4 rings (SSSR count). The highest BCUT2D eigenvalue weighted by molar-refractivity contribution is 9.10. The van der Waals surface area contributed by atoms with Crippen LogP contribution in [0.15, 0.2) is 57.8 Å². The number of rotatable bonds is 6. The molecule has 1 saturated heterocycles. The van der Waals surface area contributed by atoms with Crippen LogP contribution in [-0.4, -0.2) is 39.0 Å². The van der Waals surface area contributed by atoms with Crippen molar-refractivity contribution in [2.75, 3.05) is 13.1 Å². The number of piperidine rings is 1. The second-order valence-corrected chi connectivity index (χ2v) is 8.06. The van der Waals surface area contributed by atoms with Crippen molar-refractivity contribution in [3.8, 4) is 11.4 Å². The molecule has 1 aliphatic heterocycles. The maximum atomic E-state index is 12.4. The number of nitrogens with one attached hydrogen (secondary N) is 1. The van der Waals surface area contributed by atoms with E-state index in [1.54, 1.807) is 12.4 Å². The van der Waals surface area contributed by atoms with Crippen molar-refractivity contribution < 1.29 is 9.32 Å². The molecule has 0 atom stereocenters. The summed E-state index contributed by atoms with van der Waals surface area (Å²) >= 11 is 3.46. The van der Waals surface area contributed by atoms with Crippen LogP contribution in [0, 0.1) is 5.92 Å². The van der Waals surface area contributed by atoms with Gasteiger partial charge in [-0.15, -0.1) is 0 Å². The molecule has 1 aromatic carbocycles.